The van der Waals surface area contributed by atoms with Crippen LogP contribution in [0.5, 0.6) is 0 Å². The Balaban J connectivity index is 1.18. The Hall–Kier alpha value is -2.18. The van der Waals surface area contributed by atoms with Crippen LogP contribution in [0, 0.1) is 5.92 Å². The SMILES string of the molecule is CO[C@@H]1CN(C2CCN(C(=O)c3cccc4cccnc34)CC2)CCC1Cc1ccc(Cl)c(Cl)c1. The number of aromatic nitrogens is 1. The van der Waals surface area contributed by atoms with Gasteiger partial charge in [-0.15, -0.1) is 0 Å². The van der Waals surface area contributed by atoms with Crippen LogP contribution in [0.1, 0.15) is 35.2 Å². The first kappa shape index (κ1) is 24.5. The van der Waals surface area contributed by atoms with E-state index in [4.69, 9.17) is 27.9 Å². The van der Waals surface area contributed by atoms with Crippen molar-refractivity contribution in [1.82, 2.24) is 14.8 Å². The average molecular weight is 512 g/mol. The minimum absolute atomic E-state index is 0.0860. The molecule has 0 bridgehead atoms. The molecule has 2 aromatic carbocycles. The van der Waals surface area contributed by atoms with Gasteiger partial charge in [0, 0.05) is 44.4 Å². The molecule has 2 fully saturated rings. The molecular formula is C28H31Cl2N3O2. The van der Waals surface area contributed by atoms with E-state index in [0.29, 0.717) is 27.6 Å². The van der Waals surface area contributed by atoms with Crippen molar-refractivity contribution in [3.63, 3.8) is 0 Å². The molecule has 35 heavy (non-hydrogen) atoms. The van der Waals surface area contributed by atoms with Gasteiger partial charge in [0.1, 0.15) is 0 Å². The van der Waals surface area contributed by atoms with Crippen LogP contribution in [0.15, 0.2) is 54.7 Å². The molecule has 1 unspecified atom stereocenters. The van der Waals surface area contributed by atoms with E-state index in [-0.39, 0.29) is 12.0 Å². The van der Waals surface area contributed by atoms with Crippen molar-refractivity contribution in [1.29, 1.82) is 0 Å². The summed E-state index contributed by atoms with van der Waals surface area (Å²) in [4.78, 5) is 22.3. The van der Waals surface area contributed by atoms with Crippen molar-refractivity contribution in [3.8, 4) is 0 Å². The van der Waals surface area contributed by atoms with Gasteiger partial charge < -0.3 is 9.64 Å². The summed E-state index contributed by atoms with van der Waals surface area (Å²) in [6.07, 6.45) is 5.92. The van der Waals surface area contributed by atoms with Gasteiger partial charge in [-0.3, -0.25) is 14.7 Å². The maximum Gasteiger partial charge on any atom is 0.256 e. The lowest BCUT2D eigenvalue weighted by Crippen LogP contribution is -2.53. The number of fused-ring (bicyclic) bond motifs is 1. The van der Waals surface area contributed by atoms with Crippen molar-refractivity contribution in [2.75, 3.05) is 33.3 Å². The molecule has 2 aliphatic rings. The number of amides is 1. The number of nitrogens with zero attached hydrogens (tertiary/aromatic N) is 3. The van der Waals surface area contributed by atoms with Crippen LogP contribution in [0.4, 0.5) is 0 Å². The highest BCUT2D eigenvalue weighted by Crippen LogP contribution is 2.30. The number of methoxy groups -OCH3 is 1. The zero-order valence-electron chi connectivity index (χ0n) is 20.0. The number of ether oxygens (including phenoxy) is 1. The zero-order chi connectivity index (χ0) is 24.4. The van der Waals surface area contributed by atoms with Crippen LogP contribution >= 0.6 is 23.2 Å². The summed E-state index contributed by atoms with van der Waals surface area (Å²) < 4.78 is 5.94. The second kappa shape index (κ2) is 10.8. The summed E-state index contributed by atoms with van der Waals surface area (Å²) in [5.74, 6) is 0.539. The van der Waals surface area contributed by atoms with Gasteiger partial charge in [0.05, 0.1) is 27.2 Å². The highest BCUT2D eigenvalue weighted by molar-refractivity contribution is 6.42. The minimum Gasteiger partial charge on any atom is -0.380 e. The Morgan fingerprint density at radius 2 is 1.83 bits per heavy atom. The molecule has 3 heterocycles. The maximum absolute atomic E-state index is 13.3. The average Bonchev–Trinajstić information content (AvgIpc) is 2.90. The molecule has 0 spiro atoms. The molecule has 2 atom stereocenters. The van der Waals surface area contributed by atoms with Crippen molar-refractivity contribution >= 4 is 40.0 Å². The number of hydrogen-bond acceptors (Lipinski definition) is 4. The smallest absolute Gasteiger partial charge is 0.256 e. The van der Waals surface area contributed by atoms with E-state index in [9.17, 15) is 4.79 Å². The number of likely N-dealkylation sites (tertiary alicyclic amines) is 2. The van der Waals surface area contributed by atoms with Crippen molar-refractivity contribution in [2.24, 2.45) is 5.92 Å². The molecule has 0 aliphatic carbocycles. The maximum atomic E-state index is 13.3. The number of rotatable bonds is 5. The molecule has 184 valence electrons. The largest absolute Gasteiger partial charge is 0.380 e. The number of carbonyl (C=O) groups is 1. The van der Waals surface area contributed by atoms with Gasteiger partial charge in [0.25, 0.3) is 5.91 Å². The highest BCUT2D eigenvalue weighted by Gasteiger charge is 2.35. The van der Waals surface area contributed by atoms with E-state index in [1.54, 1.807) is 6.20 Å². The first-order valence-electron chi connectivity index (χ1n) is 12.4. The summed E-state index contributed by atoms with van der Waals surface area (Å²) in [6, 6.07) is 16.1. The van der Waals surface area contributed by atoms with E-state index >= 15 is 0 Å². The monoisotopic (exact) mass is 511 g/mol. The van der Waals surface area contributed by atoms with Crippen LogP contribution < -0.4 is 0 Å². The van der Waals surface area contributed by atoms with Gasteiger partial charge >= 0.3 is 0 Å². The van der Waals surface area contributed by atoms with E-state index in [2.05, 4.69) is 16.0 Å². The Morgan fingerprint density at radius 1 is 1.03 bits per heavy atom. The topological polar surface area (TPSA) is 45.7 Å². The van der Waals surface area contributed by atoms with Gasteiger partial charge in [-0.05, 0) is 68.0 Å². The number of para-hydroxylation sites is 1. The molecule has 1 aromatic heterocycles. The number of hydrogen-bond donors (Lipinski definition) is 0. The molecule has 7 heteroatoms. The van der Waals surface area contributed by atoms with Crippen molar-refractivity contribution in [2.45, 2.75) is 37.8 Å². The molecule has 0 N–H and O–H groups in total. The lowest BCUT2D eigenvalue weighted by molar-refractivity contribution is -0.0325. The Morgan fingerprint density at radius 3 is 2.60 bits per heavy atom. The van der Waals surface area contributed by atoms with Crippen LogP contribution in [0.2, 0.25) is 10.0 Å². The molecule has 2 aliphatic heterocycles. The van der Waals surface area contributed by atoms with Crippen LogP contribution in [-0.4, -0.2) is 66.1 Å². The third-order valence-electron chi connectivity index (χ3n) is 7.64. The fourth-order valence-electron chi connectivity index (χ4n) is 5.67. The Kier molecular flexibility index (Phi) is 7.59. The van der Waals surface area contributed by atoms with Crippen LogP contribution in [0.25, 0.3) is 10.9 Å². The van der Waals surface area contributed by atoms with Gasteiger partial charge in [-0.25, -0.2) is 0 Å². The Labute approximate surface area is 217 Å². The second-order valence-corrected chi connectivity index (χ2v) is 10.5. The van der Waals surface area contributed by atoms with Crippen molar-refractivity contribution in [3.05, 3.63) is 75.9 Å². The number of halogens is 2. The standard InChI is InChI=1S/C28H31Cl2N3O2/c1-35-26-18-33(13-9-21(26)16-19-7-8-24(29)25(30)17-19)22-10-14-32(15-11-22)28(34)23-6-2-4-20-5-3-12-31-27(20)23/h2-8,12,17,21-22,26H,9-11,13-16,18H2,1H3/t21?,26-/m1/s1. The van der Waals surface area contributed by atoms with Gasteiger partial charge in [-0.1, -0.05) is 47.5 Å². The highest BCUT2D eigenvalue weighted by atomic mass is 35.5. The fraction of sp³-hybridized carbons (Fsp3) is 0.429. The quantitative estimate of drug-likeness (QED) is 0.439. The summed E-state index contributed by atoms with van der Waals surface area (Å²) in [6.45, 7) is 3.52. The number of benzene rings is 2. The van der Waals surface area contributed by atoms with E-state index in [1.807, 2.05) is 54.5 Å². The number of piperidine rings is 2. The third-order valence-corrected chi connectivity index (χ3v) is 8.38. The van der Waals surface area contributed by atoms with Gasteiger partial charge in [-0.2, -0.15) is 0 Å². The summed E-state index contributed by atoms with van der Waals surface area (Å²) in [5, 5.41) is 2.20. The summed E-state index contributed by atoms with van der Waals surface area (Å²) >= 11 is 12.3. The lowest BCUT2D eigenvalue weighted by atomic mass is 9.86. The normalized spacial score (nSPS) is 22.0. The molecule has 2 saturated heterocycles. The predicted octanol–water partition coefficient (Wildman–Crippen LogP) is 5.73. The molecular weight excluding hydrogens is 481 g/mol. The van der Waals surface area contributed by atoms with Gasteiger partial charge in [0.2, 0.25) is 0 Å². The molecule has 5 rings (SSSR count). The second-order valence-electron chi connectivity index (χ2n) is 9.67. The zero-order valence-corrected chi connectivity index (χ0v) is 21.5. The van der Waals surface area contributed by atoms with E-state index in [0.717, 1.165) is 62.8 Å². The number of pyridine rings is 1. The first-order valence-corrected chi connectivity index (χ1v) is 13.1. The minimum atomic E-state index is 0.0860. The fourth-order valence-corrected chi connectivity index (χ4v) is 5.99. The lowest BCUT2D eigenvalue weighted by Gasteiger charge is -2.44. The molecule has 3 aromatic rings. The number of carbonyl (C=O) groups excluding carboxylic acids is 1. The summed E-state index contributed by atoms with van der Waals surface area (Å²) in [5.41, 5.74) is 2.69. The Bertz CT molecular complexity index is 1190. The van der Waals surface area contributed by atoms with Crippen molar-refractivity contribution < 1.29 is 9.53 Å². The van der Waals surface area contributed by atoms with E-state index < -0.39 is 0 Å². The molecule has 0 radical (unpaired) electrons. The van der Waals surface area contributed by atoms with E-state index in [1.165, 1.54) is 5.56 Å². The van der Waals surface area contributed by atoms with Crippen LogP contribution in [0.3, 0.4) is 0 Å². The molecule has 0 saturated carbocycles. The molecule has 1 amide bonds. The predicted molar refractivity (Wildman–Crippen MR) is 141 cm³/mol. The molecule has 5 nitrogen and oxygen atoms in total. The first-order chi connectivity index (χ1) is 17.0. The van der Waals surface area contributed by atoms with Gasteiger partial charge in [0.15, 0.2) is 0 Å². The van der Waals surface area contributed by atoms with Crippen LogP contribution in [-0.2, 0) is 11.2 Å². The third kappa shape index (κ3) is 5.34. The summed E-state index contributed by atoms with van der Waals surface area (Å²) in [7, 11) is 1.81.